The van der Waals surface area contributed by atoms with Gasteiger partial charge in [0.05, 0.1) is 6.61 Å². The molecule has 82 heavy (non-hydrogen) atoms. The fourth-order valence-corrected chi connectivity index (χ4v) is 8.28. The third kappa shape index (κ3) is 29.7. The molecule has 0 aliphatic carbocycles. The molecule has 0 saturated heterocycles. The van der Waals surface area contributed by atoms with Crippen LogP contribution >= 0.6 is 0 Å². The van der Waals surface area contributed by atoms with Crippen LogP contribution in [0.3, 0.4) is 0 Å². The fraction of sp³-hybridized carbons (Fsp3) is 0.660. The number of hydrogen-bond donors (Lipinski definition) is 18. The molecule has 0 saturated carbocycles. The van der Waals surface area contributed by atoms with Gasteiger partial charge in [0.25, 0.3) is 0 Å². The molecule has 11 amide bonds. The van der Waals surface area contributed by atoms with Crippen LogP contribution in [0, 0.1) is 23.2 Å². The Bertz CT molecular complexity index is 2270. The Morgan fingerprint density at radius 3 is 1.21 bits per heavy atom. The number of carbonyl (C=O) groups excluding carboxylic acids is 11. The van der Waals surface area contributed by atoms with E-state index in [0.717, 1.165) is 0 Å². The van der Waals surface area contributed by atoms with Gasteiger partial charge in [0, 0.05) is 31.7 Å². The highest BCUT2D eigenvalue weighted by Crippen LogP contribution is 2.16. The van der Waals surface area contributed by atoms with Crippen molar-refractivity contribution in [2.45, 2.75) is 179 Å². The van der Waals surface area contributed by atoms with E-state index in [9.17, 15) is 63.0 Å². The molecule has 1 aromatic rings. The first kappa shape index (κ1) is 72.4. The molecule has 0 heterocycles. The van der Waals surface area contributed by atoms with Gasteiger partial charge in [0.2, 0.25) is 65.0 Å². The largest absolute Gasteiger partial charge is 0.508 e. The number of aliphatic hydroxyl groups is 1. The number of unbranched alkanes of at least 4 members (excludes halogenated alkanes) is 2. The number of primary amides is 3. The molecule has 0 aliphatic rings. The second-order valence-corrected chi connectivity index (χ2v) is 21.2. The molecule has 9 atom stereocenters. The summed E-state index contributed by atoms with van der Waals surface area (Å²) in [7, 11) is 0. The smallest absolute Gasteiger partial charge is 0.243 e. The van der Waals surface area contributed by atoms with E-state index in [0.29, 0.717) is 31.2 Å². The SMILES string of the molecule is CC(C)C[C@H](NC(=O)[C@H](CC(C)C)NC(=O)[C@H](CCCCN)NC(=O)[C@H](CCCNC(=N)N)NC(=O)[C@H](Cc1ccc(O)cc1)NC(=O)[C@H](CCC(N)=O)NC(=O)[C@@H](C)CCC(N)=O)C(=O)N[C@@H](CCCCN)C(=O)N[C@@H](CO)C(N)=O. The maximum Gasteiger partial charge on any atom is 0.243 e. The van der Waals surface area contributed by atoms with Gasteiger partial charge in [-0.15, -0.1) is 0 Å². The zero-order chi connectivity index (χ0) is 62.1. The number of phenols is 1. The highest BCUT2D eigenvalue weighted by molar-refractivity contribution is 5.98. The molecule has 24 N–H and O–H groups in total. The summed E-state index contributed by atoms with van der Waals surface area (Å²) in [4.78, 5) is 148. The molecular weight excluding hydrogens is 1070 g/mol. The molecule has 0 unspecified atom stereocenters. The van der Waals surface area contributed by atoms with Crippen molar-refractivity contribution in [3.05, 3.63) is 29.8 Å². The van der Waals surface area contributed by atoms with Crippen molar-refractivity contribution in [1.29, 1.82) is 5.41 Å². The summed E-state index contributed by atoms with van der Waals surface area (Å²) in [5.41, 5.74) is 33.4. The van der Waals surface area contributed by atoms with Gasteiger partial charge < -0.3 is 92.5 Å². The van der Waals surface area contributed by atoms with Crippen molar-refractivity contribution in [2.75, 3.05) is 26.2 Å². The maximum absolute atomic E-state index is 14.5. The van der Waals surface area contributed by atoms with Gasteiger partial charge in [-0.3, -0.25) is 58.1 Å². The van der Waals surface area contributed by atoms with Crippen LogP contribution in [0.2, 0.25) is 0 Å². The predicted octanol–water partition coefficient (Wildman–Crippen LogP) is -3.93. The quantitative estimate of drug-likeness (QED) is 0.0169. The van der Waals surface area contributed by atoms with Crippen LogP contribution < -0.4 is 82.3 Å². The molecule has 462 valence electrons. The number of nitrogens with one attached hydrogen (secondary N) is 10. The number of guanidine groups is 1. The maximum atomic E-state index is 14.5. The molecule has 1 rings (SSSR count). The van der Waals surface area contributed by atoms with E-state index in [4.69, 9.17) is 39.8 Å². The van der Waals surface area contributed by atoms with Crippen molar-refractivity contribution in [3.8, 4) is 5.75 Å². The molecule has 29 heteroatoms. The summed E-state index contributed by atoms with van der Waals surface area (Å²) in [6.07, 6.45) is 0.822. The minimum atomic E-state index is -1.50. The monoisotopic (exact) mass is 1160 g/mol. The van der Waals surface area contributed by atoms with Crippen molar-refractivity contribution in [3.63, 3.8) is 0 Å². The Kier molecular flexibility index (Phi) is 34.3. The van der Waals surface area contributed by atoms with Crippen LogP contribution in [0.4, 0.5) is 0 Å². The lowest BCUT2D eigenvalue weighted by molar-refractivity contribution is -0.136. The van der Waals surface area contributed by atoms with E-state index in [2.05, 4.69) is 47.9 Å². The van der Waals surface area contributed by atoms with Crippen molar-refractivity contribution >= 4 is 70.9 Å². The Hall–Kier alpha value is -7.66. The van der Waals surface area contributed by atoms with Crippen molar-refractivity contribution < 1.29 is 63.0 Å². The molecule has 1 aromatic carbocycles. The molecule has 0 radical (unpaired) electrons. The van der Waals surface area contributed by atoms with Crippen LogP contribution in [-0.2, 0) is 59.2 Å². The second-order valence-electron chi connectivity index (χ2n) is 21.2. The Balaban J connectivity index is 3.71. The molecule has 0 fully saturated rings. The van der Waals surface area contributed by atoms with E-state index < -0.39 is 126 Å². The number of aromatic hydroxyl groups is 1. The summed E-state index contributed by atoms with van der Waals surface area (Å²) in [6.45, 7) is 8.45. The fourth-order valence-electron chi connectivity index (χ4n) is 8.28. The van der Waals surface area contributed by atoms with Crippen LogP contribution in [0.25, 0.3) is 0 Å². The lowest BCUT2D eigenvalue weighted by Gasteiger charge is -2.29. The van der Waals surface area contributed by atoms with Crippen LogP contribution in [0.1, 0.15) is 130 Å². The highest BCUT2D eigenvalue weighted by atomic mass is 16.3. The summed E-state index contributed by atoms with van der Waals surface area (Å²) >= 11 is 0. The third-order valence-corrected chi connectivity index (χ3v) is 12.9. The minimum absolute atomic E-state index is 0.00464. The average Bonchev–Trinajstić information content (AvgIpc) is 3.47. The number of benzene rings is 1. The minimum Gasteiger partial charge on any atom is -0.508 e. The number of nitrogens with two attached hydrogens (primary N) is 6. The highest BCUT2D eigenvalue weighted by Gasteiger charge is 2.35. The van der Waals surface area contributed by atoms with Crippen LogP contribution in [0.5, 0.6) is 5.75 Å². The molecule has 0 aliphatic heterocycles. The van der Waals surface area contributed by atoms with Gasteiger partial charge in [0.1, 0.15) is 54.1 Å². The Morgan fingerprint density at radius 1 is 0.463 bits per heavy atom. The first-order chi connectivity index (χ1) is 38.6. The van der Waals surface area contributed by atoms with Gasteiger partial charge in [-0.05, 0) is 120 Å². The molecule has 29 nitrogen and oxygen atoms in total. The van der Waals surface area contributed by atoms with Crippen molar-refractivity contribution in [2.24, 2.45) is 52.2 Å². The van der Waals surface area contributed by atoms with Gasteiger partial charge in [-0.2, -0.15) is 0 Å². The normalized spacial score (nSPS) is 14.4. The number of carbonyl (C=O) groups is 11. The zero-order valence-corrected chi connectivity index (χ0v) is 47.9. The van der Waals surface area contributed by atoms with Gasteiger partial charge >= 0.3 is 0 Å². The van der Waals surface area contributed by atoms with E-state index in [1.165, 1.54) is 31.2 Å². The van der Waals surface area contributed by atoms with Gasteiger partial charge in [-0.1, -0.05) is 46.8 Å². The van der Waals surface area contributed by atoms with Crippen LogP contribution in [-0.4, -0.2) is 156 Å². The summed E-state index contributed by atoms with van der Waals surface area (Å²) in [6, 6.07) is -5.27. The van der Waals surface area contributed by atoms with E-state index >= 15 is 0 Å². The number of amides is 11. The summed E-state index contributed by atoms with van der Waals surface area (Å²) in [5, 5.41) is 50.8. The van der Waals surface area contributed by atoms with E-state index in [-0.39, 0.29) is 114 Å². The third-order valence-electron chi connectivity index (χ3n) is 12.9. The van der Waals surface area contributed by atoms with Gasteiger partial charge in [0.15, 0.2) is 5.96 Å². The second kappa shape index (κ2) is 38.9. The Labute approximate surface area is 479 Å². The molecule has 0 aromatic heterocycles. The number of hydrogen-bond acceptors (Lipinski definition) is 16. The average molecular weight is 1160 g/mol. The standard InChI is InChI=1S/C53H92N16O13/c1-29(2)25-38(50(80)64-35(12-7-9-23-55)48(78)69-41(28-70)44(58)74)67-51(81)39(26-30(3)4)66-47(77)34(11-6-8-22-54)63-46(76)36(13-10-24-61-53(59)60)65-52(82)40(27-32-15-17-33(71)18-16-32)68-49(79)37(19-21-43(57)73)62-45(75)31(5)14-20-42(56)72/h15-18,29-31,34-41,70-71H,6-14,19-28,54-55H2,1-5H3,(H2,56,72)(H2,57,73)(H2,58,74)(H,62,75)(H,63,76)(H,64,80)(H,65,82)(H,66,77)(H,67,81)(H,68,79)(H,69,78)(H4,59,60,61)/t31-,34-,35-,36-,37-,38-,39-,40-,41-/m0/s1. The lowest BCUT2D eigenvalue weighted by atomic mass is 9.99. The number of aliphatic hydroxyl groups excluding tert-OH is 1. The van der Waals surface area contributed by atoms with E-state index in [1.807, 2.05) is 0 Å². The zero-order valence-electron chi connectivity index (χ0n) is 47.9. The molecular formula is C53H92N16O13. The molecule has 0 bridgehead atoms. The summed E-state index contributed by atoms with van der Waals surface area (Å²) in [5.74, 6) is -10.7. The lowest BCUT2D eigenvalue weighted by Crippen LogP contribution is -2.60. The van der Waals surface area contributed by atoms with Crippen LogP contribution in [0.15, 0.2) is 24.3 Å². The summed E-state index contributed by atoms with van der Waals surface area (Å²) < 4.78 is 0. The molecule has 0 spiro atoms. The van der Waals surface area contributed by atoms with Gasteiger partial charge in [-0.25, -0.2) is 0 Å². The predicted molar refractivity (Wildman–Crippen MR) is 303 cm³/mol. The topological polar surface area (TPSA) is 516 Å². The number of phenolic OH excluding ortho intramolecular Hbond substituents is 1. The first-order valence-electron chi connectivity index (χ1n) is 27.8. The first-order valence-corrected chi connectivity index (χ1v) is 27.8. The van der Waals surface area contributed by atoms with E-state index in [1.54, 1.807) is 27.7 Å². The van der Waals surface area contributed by atoms with Crippen molar-refractivity contribution in [1.82, 2.24) is 47.9 Å². The Morgan fingerprint density at radius 2 is 0.817 bits per heavy atom. The number of rotatable bonds is 42.